The second-order valence-electron chi connectivity index (χ2n) is 7.89. The Bertz CT molecular complexity index is 358. The summed E-state index contributed by atoms with van der Waals surface area (Å²) >= 11 is 0. The Balaban J connectivity index is 2.98. The molecule has 0 nitrogen and oxygen atoms in total. The van der Waals surface area contributed by atoms with Crippen molar-refractivity contribution in [3.05, 3.63) is 0 Å². The lowest BCUT2D eigenvalue weighted by atomic mass is 9.60. The molecule has 1 atom stereocenters. The van der Waals surface area contributed by atoms with Gasteiger partial charge in [0.2, 0.25) is 0 Å². The maximum Gasteiger partial charge on any atom is 0.393 e. The molecule has 132 valence electrons. The van der Waals surface area contributed by atoms with Crippen LogP contribution in [-0.4, -0.2) is 12.4 Å². The highest BCUT2D eigenvalue weighted by molar-refractivity contribution is 4.93. The van der Waals surface area contributed by atoms with Crippen molar-refractivity contribution in [2.75, 3.05) is 0 Å². The van der Waals surface area contributed by atoms with Crippen molar-refractivity contribution in [1.82, 2.24) is 0 Å². The highest BCUT2D eigenvalue weighted by atomic mass is 19.4. The third-order valence-electron chi connectivity index (χ3n) is 5.22. The average molecular weight is 332 g/mol. The van der Waals surface area contributed by atoms with E-state index in [1.165, 1.54) is 0 Å². The Morgan fingerprint density at radius 2 is 1.45 bits per heavy atom. The molecule has 0 radical (unpaired) electrons. The molecule has 0 heterocycles. The topological polar surface area (TPSA) is 0 Å². The SMILES string of the molecule is CC1CCC(CC(C)C(F)(F)F)(CC(C)(C)C(F)(F)F)CC1. The van der Waals surface area contributed by atoms with Gasteiger partial charge in [-0.15, -0.1) is 0 Å². The monoisotopic (exact) mass is 332 g/mol. The van der Waals surface area contributed by atoms with Gasteiger partial charge in [-0.05, 0) is 37.0 Å². The zero-order valence-electron chi connectivity index (χ0n) is 13.7. The number of hydrogen-bond donors (Lipinski definition) is 0. The lowest BCUT2D eigenvalue weighted by Crippen LogP contribution is -2.42. The standard InChI is InChI=1S/C16H26F6/c1-11-5-7-14(8-6-11,9-12(2)15(17,18)19)10-13(3,4)16(20,21)22/h11-12H,5-10H2,1-4H3. The molecule has 0 aliphatic heterocycles. The van der Waals surface area contributed by atoms with Gasteiger partial charge in [0, 0.05) is 0 Å². The molecule has 0 aromatic heterocycles. The van der Waals surface area contributed by atoms with Crippen molar-refractivity contribution in [1.29, 1.82) is 0 Å². The van der Waals surface area contributed by atoms with Gasteiger partial charge in [-0.3, -0.25) is 0 Å². The highest BCUT2D eigenvalue weighted by Crippen LogP contribution is 2.55. The molecule has 0 aromatic rings. The summed E-state index contributed by atoms with van der Waals surface area (Å²) in [5.41, 5.74) is -2.82. The minimum absolute atomic E-state index is 0.206. The van der Waals surface area contributed by atoms with Crippen molar-refractivity contribution in [2.45, 2.75) is 78.6 Å². The predicted octanol–water partition coefficient (Wildman–Crippen LogP) is 6.75. The van der Waals surface area contributed by atoms with E-state index in [4.69, 9.17) is 0 Å². The van der Waals surface area contributed by atoms with Crippen molar-refractivity contribution >= 4 is 0 Å². The van der Waals surface area contributed by atoms with E-state index >= 15 is 0 Å². The van der Waals surface area contributed by atoms with Gasteiger partial charge in [0.15, 0.2) is 0 Å². The fourth-order valence-electron chi connectivity index (χ4n) is 3.63. The fourth-order valence-corrected chi connectivity index (χ4v) is 3.63. The van der Waals surface area contributed by atoms with E-state index in [9.17, 15) is 26.3 Å². The third-order valence-corrected chi connectivity index (χ3v) is 5.22. The van der Waals surface area contributed by atoms with Crippen LogP contribution in [0.5, 0.6) is 0 Å². The molecule has 0 bridgehead atoms. The van der Waals surface area contributed by atoms with Crippen LogP contribution in [0.2, 0.25) is 0 Å². The lowest BCUT2D eigenvalue weighted by Gasteiger charge is -2.46. The van der Waals surface area contributed by atoms with E-state index in [-0.39, 0.29) is 12.8 Å². The summed E-state index contributed by atoms with van der Waals surface area (Å²) in [5.74, 6) is -1.19. The zero-order chi connectivity index (χ0) is 17.4. The number of alkyl halides is 6. The van der Waals surface area contributed by atoms with Gasteiger partial charge in [0.25, 0.3) is 0 Å². The zero-order valence-corrected chi connectivity index (χ0v) is 13.7. The fraction of sp³-hybridized carbons (Fsp3) is 1.00. The molecule has 0 amide bonds. The Morgan fingerprint density at radius 3 is 1.82 bits per heavy atom. The van der Waals surface area contributed by atoms with E-state index < -0.39 is 29.1 Å². The van der Waals surface area contributed by atoms with E-state index in [1.54, 1.807) is 0 Å². The van der Waals surface area contributed by atoms with Crippen LogP contribution >= 0.6 is 0 Å². The van der Waals surface area contributed by atoms with E-state index in [2.05, 4.69) is 0 Å². The summed E-state index contributed by atoms with van der Waals surface area (Å²) < 4.78 is 78.2. The first-order chi connectivity index (χ1) is 9.69. The van der Waals surface area contributed by atoms with Crippen LogP contribution in [0.4, 0.5) is 26.3 Å². The van der Waals surface area contributed by atoms with E-state index in [0.717, 1.165) is 20.8 Å². The summed E-state index contributed by atoms with van der Waals surface area (Å²) in [6.07, 6.45) is -6.86. The van der Waals surface area contributed by atoms with E-state index in [1.807, 2.05) is 6.92 Å². The van der Waals surface area contributed by atoms with Gasteiger partial charge in [0.05, 0.1) is 11.3 Å². The molecule has 1 aliphatic rings. The maximum atomic E-state index is 13.2. The molecule has 22 heavy (non-hydrogen) atoms. The van der Waals surface area contributed by atoms with Crippen LogP contribution in [0.1, 0.15) is 66.2 Å². The number of hydrogen-bond acceptors (Lipinski definition) is 0. The number of halogens is 6. The first-order valence-electron chi connectivity index (χ1n) is 7.82. The quantitative estimate of drug-likeness (QED) is 0.499. The Morgan fingerprint density at radius 1 is 1.00 bits per heavy atom. The van der Waals surface area contributed by atoms with Gasteiger partial charge in [-0.1, -0.05) is 40.5 Å². The summed E-state index contributed by atoms with van der Waals surface area (Å²) in [5, 5.41) is 0. The Hall–Kier alpha value is -0.420. The Kier molecular flexibility index (Phi) is 5.56. The highest BCUT2D eigenvalue weighted by Gasteiger charge is 2.53. The summed E-state index contributed by atoms with van der Waals surface area (Å²) in [4.78, 5) is 0. The lowest BCUT2D eigenvalue weighted by molar-refractivity contribution is -0.228. The minimum atomic E-state index is -4.40. The van der Waals surface area contributed by atoms with Crippen LogP contribution in [-0.2, 0) is 0 Å². The largest absolute Gasteiger partial charge is 0.393 e. The van der Waals surface area contributed by atoms with Gasteiger partial charge in [0.1, 0.15) is 0 Å². The summed E-state index contributed by atoms with van der Waals surface area (Å²) in [6, 6.07) is 0. The molecular formula is C16H26F6. The minimum Gasteiger partial charge on any atom is -0.171 e. The van der Waals surface area contributed by atoms with Crippen LogP contribution in [0, 0.1) is 22.7 Å². The summed E-state index contributed by atoms with van der Waals surface area (Å²) in [7, 11) is 0. The molecule has 0 spiro atoms. The average Bonchev–Trinajstić information content (AvgIpc) is 2.30. The van der Waals surface area contributed by atoms with Crippen LogP contribution in [0.15, 0.2) is 0 Å². The van der Waals surface area contributed by atoms with Crippen molar-refractivity contribution in [3.63, 3.8) is 0 Å². The van der Waals surface area contributed by atoms with Gasteiger partial charge >= 0.3 is 12.4 Å². The Labute approximate surface area is 128 Å². The summed E-state index contributed by atoms with van der Waals surface area (Å²) in [6.45, 7) is 5.29. The van der Waals surface area contributed by atoms with Crippen molar-refractivity contribution in [2.24, 2.45) is 22.7 Å². The predicted molar refractivity (Wildman–Crippen MR) is 74.4 cm³/mol. The van der Waals surface area contributed by atoms with Gasteiger partial charge < -0.3 is 0 Å². The molecule has 1 saturated carbocycles. The third kappa shape index (κ3) is 4.79. The smallest absolute Gasteiger partial charge is 0.171 e. The molecule has 0 saturated heterocycles. The van der Waals surface area contributed by atoms with Crippen LogP contribution in [0.3, 0.4) is 0 Å². The molecule has 1 fully saturated rings. The second-order valence-corrected chi connectivity index (χ2v) is 7.89. The molecule has 0 N–H and O–H groups in total. The second kappa shape index (κ2) is 6.23. The van der Waals surface area contributed by atoms with Crippen LogP contribution < -0.4 is 0 Å². The molecule has 1 aliphatic carbocycles. The van der Waals surface area contributed by atoms with Crippen molar-refractivity contribution < 1.29 is 26.3 Å². The van der Waals surface area contributed by atoms with E-state index in [0.29, 0.717) is 31.6 Å². The normalized spacial score (nSPS) is 29.5. The molecule has 6 heteroatoms. The number of rotatable bonds is 4. The first-order valence-corrected chi connectivity index (χ1v) is 7.82. The molecular weight excluding hydrogens is 306 g/mol. The molecule has 1 unspecified atom stereocenters. The molecule has 1 rings (SSSR count). The molecule has 0 aromatic carbocycles. The maximum absolute atomic E-state index is 13.2. The van der Waals surface area contributed by atoms with Crippen LogP contribution in [0.25, 0.3) is 0 Å². The van der Waals surface area contributed by atoms with Crippen molar-refractivity contribution in [3.8, 4) is 0 Å². The van der Waals surface area contributed by atoms with Gasteiger partial charge in [-0.25, -0.2) is 0 Å². The first kappa shape index (κ1) is 19.6. The van der Waals surface area contributed by atoms with Gasteiger partial charge in [-0.2, -0.15) is 26.3 Å².